The quantitative estimate of drug-likeness (QED) is 0.566. The van der Waals surface area contributed by atoms with Crippen molar-refractivity contribution < 1.29 is 9.72 Å². The molecule has 9 heteroatoms. The summed E-state index contributed by atoms with van der Waals surface area (Å²) in [5.74, 6) is 0.459. The molecule has 0 fully saturated rings. The summed E-state index contributed by atoms with van der Waals surface area (Å²) in [6, 6.07) is 0. The summed E-state index contributed by atoms with van der Waals surface area (Å²) in [6.45, 7) is 5.05. The van der Waals surface area contributed by atoms with Crippen LogP contribution in [0.3, 0.4) is 0 Å². The normalized spacial score (nSPS) is 11.6. The molecular weight excluding hydrogens is 286 g/mol. The Labute approximate surface area is 123 Å². The van der Waals surface area contributed by atoms with E-state index in [-0.39, 0.29) is 36.5 Å². The lowest BCUT2D eigenvalue weighted by Crippen LogP contribution is -2.31. The lowest BCUT2D eigenvalue weighted by molar-refractivity contribution is -0.389. The molecule has 3 N–H and O–H groups in total. The van der Waals surface area contributed by atoms with Crippen molar-refractivity contribution in [3.63, 3.8) is 0 Å². The fourth-order valence-electron chi connectivity index (χ4n) is 1.49. The minimum absolute atomic E-state index is 0. The van der Waals surface area contributed by atoms with Crippen LogP contribution in [0, 0.1) is 23.0 Å². The molecule has 1 heterocycles. The highest BCUT2D eigenvalue weighted by molar-refractivity contribution is 5.85. The molecular formula is C11H20ClN5O3. The molecule has 0 aromatic carbocycles. The number of imidazole rings is 1. The van der Waals surface area contributed by atoms with Crippen LogP contribution in [0.25, 0.3) is 0 Å². The number of halogens is 1. The first-order valence-electron chi connectivity index (χ1n) is 6.09. The molecule has 1 amide bonds. The molecule has 1 aromatic heterocycles. The second-order valence-electron chi connectivity index (χ2n) is 4.49. The average molecular weight is 306 g/mol. The van der Waals surface area contributed by atoms with E-state index in [0.717, 1.165) is 0 Å². The summed E-state index contributed by atoms with van der Waals surface area (Å²) in [5.41, 5.74) is 5.45. The number of hydrogen-bond donors (Lipinski definition) is 2. The molecule has 8 nitrogen and oxygen atoms in total. The van der Waals surface area contributed by atoms with Gasteiger partial charge in [0.05, 0.1) is 0 Å². The lowest BCUT2D eigenvalue weighted by Gasteiger charge is -2.10. The number of carbonyl (C=O) groups is 1. The van der Waals surface area contributed by atoms with Gasteiger partial charge in [0, 0.05) is 26.4 Å². The molecule has 0 spiro atoms. The number of nitrogens with two attached hydrogens (primary N) is 1. The van der Waals surface area contributed by atoms with Crippen molar-refractivity contribution in [3.05, 3.63) is 22.1 Å². The van der Waals surface area contributed by atoms with Crippen LogP contribution in [0.5, 0.6) is 0 Å². The predicted molar refractivity (Wildman–Crippen MR) is 76.7 cm³/mol. The molecule has 0 radical (unpaired) electrons. The Balaban J connectivity index is 0.00000361. The van der Waals surface area contributed by atoms with Gasteiger partial charge < -0.3 is 25.7 Å². The van der Waals surface area contributed by atoms with Crippen LogP contribution >= 0.6 is 12.4 Å². The van der Waals surface area contributed by atoms with Crippen LogP contribution in [0.4, 0.5) is 5.82 Å². The second kappa shape index (κ2) is 8.49. The summed E-state index contributed by atoms with van der Waals surface area (Å²) in [7, 11) is 0. The summed E-state index contributed by atoms with van der Waals surface area (Å²) in [5, 5.41) is 13.3. The van der Waals surface area contributed by atoms with E-state index in [2.05, 4.69) is 10.3 Å². The zero-order valence-electron chi connectivity index (χ0n) is 11.5. The van der Waals surface area contributed by atoms with Gasteiger partial charge in [0.2, 0.25) is 11.7 Å². The molecule has 0 saturated heterocycles. The Morgan fingerprint density at radius 1 is 1.65 bits per heavy atom. The van der Waals surface area contributed by atoms with Crippen molar-refractivity contribution >= 4 is 24.1 Å². The Bertz CT molecular complexity index is 463. The van der Waals surface area contributed by atoms with Gasteiger partial charge in [0.1, 0.15) is 6.20 Å². The number of rotatable bonds is 7. The van der Waals surface area contributed by atoms with Crippen molar-refractivity contribution in [3.8, 4) is 0 Å². The third-order valence-corrected chi connectivity index (χ3v) is 2.78. The highest BCUT2D eigenvalue weighted by atomic mass is 35.5. The van der Waals surface area contributed by atoms with Crippen LogP contribution < -0.4 is 11.1 Å². The van der Waals surface area contributed by atoms with E-state index in [1.807, 2.05) is 6.92 Å². The maximum absolute atomic E-state index is 11.6. The van der Waals surface area contributed by atoms with Crippen LogP contribution in [-0.4, -0.2) is 33.5 Å². The smallest absolute Gasteiger partial charge is 0.358 e. The maximum atomic E-state index is 11.6. The van der Waals surface area contributed by atoms with Gasteiger partial charge in [-0.1, -0.05) is 6.92 Å². The van der Waals surface area contributed by atoms with Crippen molar-refractivity contribution in [1.29, 1.82) is 0 Å². The van der Waals surface area contributed by atoms with Crippen LogP contribution in [-0.2, 0) is 11.3 Å². The van der Waals surface area contributed by atoms with E-state index in [1.165, 1.54) is 6.20 Å². The molecule has 0 aliphatic heterocycles. The van der Waals surface area contributed by atoms with Gasteiger partial charge >= 0.3 is 5.82 Å². The lowest BCUT2D eigenvalue weighted by atomic mass is 10.2. The fraction of sp³-hybridized carbons (Fsp3) is 0.636. The molecule has 114 valence electrons. The van der Waals surface area contributed by atoms with E-state index in [0.29, 0.717) is 25.5 Å². The van der Waals surface area contributed by atoms with E-state index in [1.54, 1.807) is 11.5 Å². The molecule has 0 saturated carbocycles. The van der Waals surface area contributed by atoms with Crippen molar-refractivity contribution in [1.82, 2.24) is 14.9 Å². The number of carbonyl (C=O) groups excluding carboxylic acids is 1. The maximum Gasteiger partial charge on any atom is 0.381 e. The van der Waals surface area contributed by atoms with E-state index < -0.39 is 4.92 Å². The largest absolute Gasteiger partial charge is 0.381 e. The Hall–Kier alpha value is -1.67. The molecule has 1 atom stereocenters. The predicted octanol–water partition coefficient (Wildman–Crippen LogP) is 0.623. The first-order chi connectivity index (χ1) is 8.93. The van der Waals surface area contributed by atoms with Gasteiger partial charge in [-0.3, -0.25) is 4.79 Å². The number of hydrogen-bond acceptors (Lipinski definition) is 5. The summed E-state index contributed by atoms with van der Waals surface area (Å²) >= 11 is 0. The van der Waals surface area contributed by atoms with Crippen molar-refractivity contribution in [2.24, 2.45) is 11.7 Å². The van der Waals surface area contributed by atoms with Gasteiger partial charge in [-0.25, -0.2) is 0 Å². The number of nitro groups is 1. The van der Waals surface area contributed by atoms with Gasteiger partial charge in [-0.2, -0.15) is 0 Å². The van der Waals surface area contributed by atoms with Gasteiger partial charge in [-0.15, -0.1) is 12.4 Å². The average Bonchev–Trinajstić information content (AvgIpc) is 2.75. The highest BCUT2D eigenvalue weighted by Gasteiger charge is 2.15. The zero-order chi connectivity index (χ0) is 14.4. The van der Waals surface area contributed by atoms with Crippen molar-refractivity contribution in [2.75, 3.05) is 13.1 Å². The molecule has 1 unspecified atom stereocenters. The first kappa shape index (κ1) is 18.3. The number of nitrogens with one attached hydrogen (secondary N) is 1. The first-order valence-corrected chi connectivity index (χ1v) is 6.09. The van der Waals surface area contributed by atoms with Crippen LogP contribution in [0.2, 0.25) is 0 Å². The van der Waals surface area contributed by atoms with E-state index in [9.17, 15) is 14.9 Å². The Morgan fingerprint density at radius 2 is 2.30 bits per heavy atom. The second-order valence-corrected chi connectivity index (χ2v) is 4.49. The van der Waals surface area contributed by atoms with Gasteiger partial charge in [-0.05, 0) is 22.4 Å². The minimum atomic E-state index is -0.549. The van der Waals surface area contributed by atoms with Gasteiger partial charge in [0.25, 0.3) is 0 Å². The SMILES string of the molecule is Cc1nc([N+](=O)[O-])cn1CCC(=O)NCC(C)CN.Cl. The Morgan fingerprint density at radius 3 is 2.80 bits per heavy atom. The topological polar surface area (TPSA) is 116 Å². The van der Waals surface area contributed by atoms with Crippen LogP contribution in [0.15, 0.2) is 6.20 Å². The fourth-order valence-corrected chi connectivity index (χ4v) is 1.49. The monoisotopic (exact) mass is 305 g/mol. The molecule has 0 bridgehead atoms. The highest BCUT2D eigenvalue weighted by Crippen LogP contribution is 2.10. The Kier molecular flexibility index (Phi) is 7.78. The number of amides is 1. The van der Waals surface area contributed by atoms with Gasteiger partial charge in [0.15, 0.2) is 0 Å². The number of aryl methyl sites for hydroxylation is 2. The minimum Gasteiger partial charge on any atom is -0.358 e. The van der Waals surface area contributed by atoms with Crippen LogP contribution in [0.1, 0.15) is 19.2 Å². The molecule has 1 rings (SSSR count). The molecule has 1 aromatic rings. The van der Waals surface area contributed by atoms with E-state index in [4.69, 9.17) is 5.73 Å². The summed E-state index contributed by atoms with van der Waals surface area (Å²) in [6.07, 6.45) is 1.59. The summed E-state index contributed by atoms with van der Waals surface area (Å²) in [4.78, 5) is 25.4. The zero-order valence-corrected chi connectivity index (χ0v) is 12.4. The van der Waals surface area contributed by atoms with E-state index >= 15 is 0 Å². The molecule has 20 heavy (non-hydrogen) atoms. The summed E-state index contributed by atoms with van der Waals surface area (Å²) < 4.78 is 1.60. The third kappa shape index (κ3) is 5.54. The number of nitrogens with zero attached hydrogens (tertiary/aromatic N) is 3. The molecule has 0 aliphatic rings. The standard InChI is InChI=1S/C11H19N5O3.ClH/c1-8(5-12)6-13-11(17)3-4-15-7-10(16(18)19)14-9(15)2;/h7-8H,3-6,12H2,1-2H3,(H,13,17);1H. The molecule has 0 aliphatic carbocycles. The number of aromatic nitrogens is 2. The third-order valence-electron chi connectivity index (χ3n) is 2.78. The van der Waals surface area contributed by atoms with Crippen molar-refractivity contribution in [2.45, 2.75) is 26.8 Å².